The molecular formula is C16H20FN. The number of allylic oxidation sites excluding steroid dienone is 2. The largest absolute Gasteiger partial charge is 0.310 e. The van der Waals surface area contributed by atoms with Gasteiger partial charge in [-0.3, -0.25) is 0 Å². The van der Waals surface area contributed by atoms with Crippen LogP contribution in [-0.2, 0) is 6.54 Å². The van der Waals surface area contributed by atoms with Crippen molar-refractivity contribution in [3.8, 4) is 0 Å². The van der Waals surface area contributed by atoms with Crippen molar-refractivity contribution in [2.24, 2.45) is 17.8 Å². The van der Waals surface area contributed by atoms with Crippen LogP contribution < -0.4 is 5.32 Å². The zero-order chi connectivity index (χ0) is 12.5. The zero-order valence-corrected chi connectivity index (χ0v) is 10.8. The van der Waals surface area contributed by atoms with Crippen LogP contribution in [0.1, 0.15) is 25.3 Å². The predicted molar refractivity (Wildman–Crippen MR) is 71.5 cm³/mol. The Kier molecular flexibility index (Phi) is 3.21. The number of hydrogen-bond acceptors (Lipinski definition) is 1. The van der Waals surface area contributed by atoms with Crippen LogP contribution in [0.5, 0.6) is 0 Å². The Morgan fingerprint density at radius 2 is 2.00 bits per heavy atom. The fourth-order valence-corrected chi connectivity index (χ4v) is 3.43. The molecule has 3 rings (SSSR count). The Bertz CT molecular complexity index is 437. The maximum absolute atomic E-state index is 12.8. The van der Waals surface area contributed by atoms with E-state index in [0.29, 0.717) is 6.04 Å². The molecule has 0 aromatic heterocycles. The molecule has 1 saturated carbocycles. The normalized spacial score (nSPS) is 30.9. The van der Waals surface area contributed by atoms with Gasteiger partial charge in [0, 0.05) is 12.6 Å². The van der Waals surface area contributed by atoms with Gasteiger partial charge in [-0.15, -0.1) is 0 Å². The zero-order valence-electron chi connectivity index (χ0n) is 10.8. The van der Waals surface area contributed by atoms with Crippen LogP contribution in [0.3, 0.4) is 0 Å². The summed E-state index contributed by atoms with van der Waals surface area (Å²) in [4.78, 5) is 0. The number of rotatable bonds is 4. The fourth-order valence-electron chi connectivity index (χ4n) is 3.43. The summed E-state index contributed by atoms with van der Waals surface area (Å²) in [7, 11) is 0. The molecule has 4 unspecified atom stereocenters. The lowest BCUT2D eigenvalue weighted by atomic mass is 9.87. The lowest BCUT2D eigenvalue weighted by Gasteiger charge is -2.26. The minimum Gasteiger partial charge on any atom is -0.310 e. The minimum absolute atomic E-state index is 0.162. The molecule has 0 amide bonds. The highest BCUT2D eigenvalue weighted by Crippen LogP contribution is 2.44. The molecule has 1 aromatic carbocycles. The molecule has 1 fully saturated rings. The molecule has 0 heterocycles. The van der Waals surface area contributed by atoms with Crippen LogP contribution in [-0.4, -0.2) is 6.04 Å². The van der Waals surface area contributed by atoms with Gasteiger partial charge in [0.25, 0.3) is 0 Å². The van der Waals surface area contributed by atoms with Crippen LogP contribution >= 0.6 is 0 Å². The number of fused-ring (bicyclic) bond motifs is 2. The first-order valence-corrected chi connectivity index (χ1v) is 6.88. The molecule has 0 spiro atoms. The molecule has 2 bridgehead atoms. The van der Waals surface area contributed by atoms with Gasteiger partial charge in [0.1, 0.15) is 5.82 Å². The molecule has 2 heteroatoms. The van der Waals surface area contributed by atoms with Crippen molar-refractivity contribution in [2.75, 3.05) is 0 Å². The van der Waals surface area contributed by atoms with Crippen LogP contribution in [0, 0.1) is 23.6 Å². The summed E-state index contributed by atoms with van der Waals surface area (Å²) in [5.74, 6) is 2.23. The van der Waals surface area contributed by atoms with E-state index < -0.39 is 0 Å². The third-order valence-electron chi connectivity index (χ3n) is 4.51. The molecule has 2 aliphatic rings. The lowest BCUT2D eigenvalue weighted by molar-refractivity contribution is 0.326. The standard InChI is InChI=1S/C16H20FN/c1-11(16-9-13-2-5-14(16)8-13)18-10-12-3-6-15(17)7-4-12/h2-7,11,13-14,16,18H,8-10H2,1H3. The van der Waals surface area contributed by atoms with Crippen molar-refractivity contribution in [1.82, 2.24) is 5.32 Å². The second-order valence-electron chi connectivity index (χ2n) is 5.74. The Balaban J connectivity index is 1.54. The van der Waals surface area contributed by atoms with Crippen LogP contribution in [0.25, 0.3) is 0 Å². The summed E-state index contributed by atoms with van der Waals surface area (Å²) < 4.78 is 12.8. The second kappa shape index (κ2) is 4.85. The number of hydrogen-bond donors (Lipinski definition) is 1. The average molecular weight is 245 g/mol. The number of nitrogens with one attached hydrogen (secondary N) is 1. The maximum Gasteiger partial charge on any atom is 0.123 e. The van der Waals surface area contributed by atoms with Gasteiger partial charge in [0.2, 0.25) is 0 Å². The van der Waals surface area contributed by atoms with Crippen molar-refractivity contribution in [3.63, 3.8) is 0 Å². The summed E-state index contributed by atoms with van der Waals surface area (Å²) in [6.45, 7) is 3.11. The van der Waals surface area contributed by atoms with E-state index in [2.05, 4.69) is 24.4 Å². The van der Waals surface area contributed by atoms with Crippen molar-refractivity contribution < 1.29 is 4.39 Å². The first kappa shape index (κ1) is 11.9. The molecule has 0 radical (unpaired) electrons. The van der Waals surface area contributed by atoms with E-state index in [1.54, 1.807) is 0 Å². The molecule has 18 heavy (non-hydrogen) atoms. The number of halogens is 1. The van der Waals surface area contributed by atoms with Crippen molar-refractivity contribution in [3.05, 3.63) is 47.8 Å². The van der Waals surface area contributed by atoms with Crippen LogP contribution in [0.4, 0.5) is 4.39 Å². The molecule has 1 aromatic rings. The van der Waals surface area contributed by atoms with Crippen molar-refractivity contribution >= 4 is 0 Å². The Morgan fingerprint density at radius 1 is 1.22 bits per heavy atom. The first-order valence-electron chi connectivity index (χ1n) is 6.88. The summed E-state index contributed by atoms with van der Waals surface area (Å²) in [6, 6.07) is 7.31. The molecule has 2 aliphatic carbocycles. The lowest BCUT2D eigenvalue weighted by Crippen LogP contribution is -2.35. The summed E-state index contributed by atoms with van der Waals surface area (Å²) >= 11 is 0. The highest BCUT2D eigenvalue weighted by molar-refractivity contribution is 5.16. The molecular weight excluding hydrogens is 225 g/mol. The van der Waals surface area contributed by atoms with Gasteiger partial charge in [-0.2, -0.15) is 0 Å². The van der Waals surface area contributed by atoms with E-state index in [-0.39, 0.29) is 5.82 Å². The molecule has 1 N–H and O–H groups in total. The Hall–Kier alpha value is -1.15. The van der Waals surface area contributed by atoms with Crippen LogP contribution in [0.2, 0.25) is 0 Å². The molecule has 0 aliphatic heterocycles. The SMILES string of the molecule is CC(NCc1ccc(F)cc1)C1CC2C=CC1C2. The predicted octanol–water partition coefficient (Wildman–Crippen LogP) is 3.52. The van der Waals surface area contributed by atoms with Gasteiger partial charge < -0.3 is 5.32 Å². The van der Waals surface area contributed by atoms with Crippen molar-refractivity contribution in [1.29, 1.82) is 0 Å². The average Bonchev–Trinajstić information content (AvgIpc) is 3.00. The van der Waals surface area contributed by atoms with Gasteiger partial charge in [-0.25, -0.2) is 4.39 Å². The van der Waals surface area contributed by atoms with Gasteiger partial charge in [0.05, 0.1) is 0 Å². The second-order valence-corrected chi connectivity index (χ2v) is 5.74. The summed E-state index contributed by atoms with van der Waals surface area (Å²) in [5.41, 5.74) is 1.15. The van der Waals surface area contributed by atoms with E-state index in [4.69, 9.17) is 0 Å². The molecule has 96 valence electrons. The molecule has 1 nitrogen and oxygen atoms in total. The third kappa shape index (κ3) is 2.35. The first-order chi connectivity index (χ1) is 8.72. The topological polar surface area (TPSA) is 12.0 Å². The smallest absolute Gasteiger partial charge is 0.123 e. The third-order valence-corrected chi connectivity index (χ3v) is 4.51. The summed E-state index contributed by atoms with van der Waals surface area (Å²) in [5, 5.41) is 3.59. The maximum atomic E-state index is 12.8. The van der Waals surface area contributed by atoms with E-state index in [1.807, 2.05) is 12.1 Å². The Labute approximate surface area is 108 Å². The minimum atomic E-state index is -0.162. The van der Waals surface area contributed by atoms with Crippen LogP contribution in [0.15, 0.2) is 36.4 Å². The quantitative estimate of drug-likeness (QED) is 0.800. The molecule has 4 atom stereocenters. The Morgan fingerprint density at radius 3 is 2.61 bits per heavy atom. The van der Waals surface area contributed by atoms with E-state index >= 15 is 0 Å². The monoisotopic (exact) mass is 245 g/mol. The van der Waals surface area contributed by atoms with Gasteiger partial charge in [-0.05, 0) is 55.2 Å². The van der Waals surface area contributed by atoms with E-state index in [1.165, 1.54) is 25.0 Å². The highest BCUT2D eigenvalue weighted by atomic mass is 19.1. The number of benzene rings is 1. The van der Waals surface area contributed by atoms with E-state index in [0.717, 1.165) is 29.9 Å². The fraction of sp³-hybridized carbons (Fsp3) is 0.500. The van der Waals surface area contributed by atoms with Gasteiger partial charge in [0.15, 0.2) is 0 Å². The van der Waals surface area contributed by atoms with E-state index in [9.17, 15) is 4.39 Å². The molecule has 0 saturated heterocycles. The van der Waals surface area contributed by atoms with Gasteiger partial charge >= 0.3 is 0 Å². The van der Waals surface area contributed by atoms with Gasteiger partial charge in [-0.1, -0.05) is 24.3 Å². The summed E-state index contributed by atoms with van der Waals surface area (Å²) in [6.07, 6.45) is 7.47. The van der Waals surface area contributed by atoms with Crippen molar-refractivity contribution in [2.45, 2.75) is 32.4 Å². The highest BCUT2D eigenvalue weighted by Gasteiger charge is 2.38.